The molecule has 0 fully saturated rings. The molecule has 1 aromatic rings. The van der Waals surface area contributed by atoms with Crippen molar-refractivity contribution in [1.29, 1.82) is 0 Å². The highest BCUT2D eigenvalue weighted by atomic mass is 35.5. The number of hydrogen-bond acceptors (Lipinski definition) is 4. The van der Waals surface area contributed by atoms with E-state index in [0.29, 0.717) is 16.3 Å². The van der Waals surface area contributed by atoms with E-state index in [1.807, 2.05) is 0 Å². The minimum Gasteiger partial charge on any atom is -0.506 e. The number of aliphatic hydroxyl groups excluding tert-OH is 1. The van der Waals surface area contributed by atoms with Crippen LogP contribution in [0, 0.1) is 0 Å². The number of rotatable bonds is 2. The first kappa shape index (κ1) is 12.0. The molecule has 0 spiro atoms. The van der Waals surface area contributed by atoms with Crippen molar-refractivity contribution in [2.75, 3.05) is 0 Å². The predicted molar refractivity (Wildman–Crippen MR) is 64.9 cm³/mol. The number of aliphatic carboxylic acids is 1. The molecule has 2 rings (SSSR count). The summed E-state index contributed by atoms with van der Waals surface area (Å²) in [6.07, 6.45) is 0. The van der Waals surface area contributed by atoms with Crippen LogP contribution in [0.3, 0.4) is 0 Å². The number of ketones is 1. The van der Waals surface area contributed by atoms with Crippen molar-refractivity contribution in [2.45, 2.75) is 5.75 Å². The van der Waals surface area contributed by atoms with Gasteiger partial charge in [0, 0.05) is 16.3 Å². The molecule has 2 N–H and O–H groups in total. The van der Waals surface area contributed by atoms with Gasteiger partial charge < -0.3 is 10.2 Å². The first-order valence-corrected chi connectivity index (χ1v) is 5.99. The molecule has 4 nitrogen and oxygen atoms in total. The number of thioether (sulfide) groups is 1. The van der Waals surface area contributed by atoms with Gasteiger partial charge >= 0.3 is 5.97 Å². The average molecular weight is 271 g/mol. The first-order valence-electron chi connectivity index (χ1n) is 4.63. The molecule has 17 heavy (non-hydrogen) atoms. The number of carboxylic acid groups (broad SMARTS) is 1. The van der Waals surface area contributed by atoms with Crippen LogP contribution < -0.4 is 0 Å². The molecule has 0 aliphatic carbocycles. The smallest absolute Gasteiger partial charge is 0.377 e. The molecular formula is C11H7ClO4S. The number of carboxylic acids is 1. The molecule has 0 radical (unpaired) electrons. The SMILES string of the molecule is O=C(O)C(=O)C1=C(O)c2ccc(Cl)cc2CS1. The Morgan fingerprint density at radius 1 is 1.35 bits per heavy atom. The van der Waals surface area contributed by atoms with Crippen molar-refractivity contribution < 1.29 is 19.8 Å². The second kappa shape index (κ2) is 4.43. The molecule has 1 aromatic carbocycles. The largest absolute Gasteiger partial charge is 0.506 e. The van der Waals surface area contributed by atoms with E-state index < -0.39 is 11.8 Å². The van der Waals surface area contributed by atoms with E-state index in [1.165, 1.54) is 0 Å². The van der Waals surface area contributed by atoms with Crippen LogP contribution in [-0.2, 0) is 15.3 Å². The van der Waals surface area contributed by atoms with E-state index in [1.54, 1.807) is 18.2 Å². The summed E-state index contributed by atoms with van der Waals surface area (Å²) >= 11 is 6.81. The number of fused-ring (bicyclic) bond motifs is 1. The van der Waals surface area contributed by atoms with Gasteiger partial charge in [-0.1, -0.05) is 11.6 Å². The van der Waals surface area contributed by atoms with Crippen LogP contribution in [0.15, 0.2) is 23.1 Å². The molecule has 0 saturated heterocycles. The summed E-state index contributed by atoms with van der Waals surface area (Å²) in [5.41, 5.74) is 1.24. The molecule has 0 aromatic heterocycles. The zero-order valence-corrected chi connectivity index (χ0v) is 10.0. The third-order valence-corrected chi connectivity index (χ3v) is 3.67. The molecule has 88 valence electrons. The summed E-state index contributed by atoms with van der Waals surface area (Å²) in [6.45, 7) is 0. The second-order valence-corrected chi connectivity index (χ2v) is 4.82. The Hall–Kier alpha value is -1.46. The van der Waals surface area contributed by atoms with Gasteiger partial charge in [0.05, 0.1) is 0 Å². The Labute approximate surface area is 106 Å². The summed E-state index contributed by atoms with van der Waals surface area (Å²) < 4.78 is 0. The van der Waals surface area contributed by atoms with Crippen molar-refractivity contribution in [2.24, 2.45) is 0 Å². The molecule has 0 bridgehead atoms. The fourth-order valence-corrected chi connectivity index (χ4v) is 2.72. The minimum absolute atomic E-state index is 0.132. The Bertz CT molecular complexity index is 550. The minimum atomic E-state index is -1.57. The summed E-state index contributed by atoms with van der Waals surface area (Å²) in [5, 5.41) is 19.0. The van der Waals surface area contributed by atoms with Gasteiger partial charge in [0.1, 0.15) is 10.7 Å². The Morgan fingerprint density at radius 3 is 2.71 bits per heavy atom. The van der Waals surface area contributed by atoms with Crippen LogP contribution in [0.2, 0.25) is 5.02 Å². The predicted octanol–water partition coefficient (Wildman–Crippen LogP) is 2.47. The number of benzene rings is 1. The lowest BCUT2D eigenvalue weighted by Gasteiger charge is -2.17. The standard InChI is InChI=1S/C11H7ClO4S/c12-6-1-2-7-5(3-6)4-17-10(8(7)13)9(14)11(15)16/h1-3,13H,4H2,(H,15,16). The van der Waals surface area contributed by atoms with Crippen molar-refractivity contribution >= 4 is 40.9 Å². The van der Waals surface area contributed by atoms with Crippen molar-refractivity contribution in [3.05, 3.63) is 39.3 Å². The number of Topliss-reactive ketones (excluding diaryl/α,β-unsaturated/α-hetero) is 1. The molecular weight excluding hydrogens is 264 g/mol. The zero-order valence-electron chi connectivity index (χ0n) is 8.44. The van der Waals surface area contributed by atoms with Gasteiger partial charge in [-0.25, -0.2) is 4.79 Å². The van der Waals surface area contributed by atoms with Crippen molar-refractivity contribution in [3.63, 3.8) is 0 Å². The van der Waals surface area contributed by atoms with E-state index in [9.17, 15) is 14.7 Å². The van der Waals surface area contributed by atoms with Crippen LogP contribution in [0.5, 0.6) is 0 Å². The molecule has 0 saturated carbocycles. The van der Waals surface area contributed by atoms with Gasteiger partial charge in [0.15, 0.2) is 0 Å². The quantitative estimate of drug-likeness (QED) is 0.808. The maximum atomic E-state index is 11.3. The van der Waals surface area contributed by atoms with Gasteiger partial charge in [0.25, 0.3) is 5.78 Å². The van der Waals surface area contributed by atoms with E-state index in [0.717, 1.165) is 17.3 Å². The fourth-order valence-electron chi connectivity index (χ4n) is 1.52. The number of hydrogen-bond donors (Lipinski definition) is 2. The maximum Gasteiger partial charge on any atom is 0.377 e. The van der Waals surface area contributed by atoms with Gasteiger partial charge in [-0.05, 0) is 23.8 Å². The van der Waals surface area contributed by atoms with E-state index in [-0.39, 0.29) is 10.7 Å². The van der Waals surface area contributed by atoms with E-state index >= 15 is 0 Å². The first-order chi connectivity index (χ1) is 8.00. The molecule has 0 amide bonds. The highest BCUT2D eigenvalue weighted by Crippen LogP contribution is 2.37. The number of aliphatic hydroxyl groups is 1. The monoisotopic (exact) mass is 270 g/mol. The van der Waals surface area contributed by atoms with Crippen LogP contribution in [0.25, 0.3) is 5.76 Å². The van der Waals surface area contributed by atoms with Gasteiger partial charge in [-0.3, -0.25) is 4.79 Å². The van der Waals surface area contributed by atoms with Crippen LogP contribution in [-0.4, -0.2) is 22.0 Å². The lowest BCUT2D eigenvalue weighted by molar-refractivity contribution is -0.146. The number of carbonyl (C=O) groups excluding carboxylic acids is 1. The molecule has 0 atom stereocenters. The Kier molecular flexibility index (Phi) is 3.13. The summed E-state index contributed by atoms with van der Waals surface area (Å²) in [7, 11) is 0. The fraction of sp³-hybridized carbons (Fsp3) is 0.0909. The maximum absolute atomic E-state index is 11.3. The third kappa shape index (κ3) is 2.16. The van der Waals surface area contributed by atoms with E-state index in [4.69, 9.17) is 16.7 Å². The number of carbonyl (C=O) groups is 2. The van der Waals surface area contributed by atoms with Gasteiger partial charge in [-0.2, -0.15) is 0 Å². The van der Waals surface area contributed by atoms with Gasteiger partial charge in [0.2, 0.25) is 0 Å². The normalized spacial score (nSPS) is 14.4. The van der Waals surface area contributed by atoms with Crippen molar-refractivity contribution in [3.8, 4) is 0 Å². The summed E-state index contributed by atoms with van der Waals surface area (Å²) in [4.78, 5) is 21.8. The molecule has 1 aliphatic heterocycles. The van der Waals surface area contributed by atoms with Crippen LogP contribution >= 0.6 is 23.4 Å². The second-order valence-electron chi connectivity index (χ2n) is 3.40. The van der Waals surface area contributed by atoms with Crippen LogP contribution in [0.4, 0.5) is 0 Å². The topological polar surface area (TPSA) is 74.6 Å². The highest BCUT2D eigenvalue weighted by molar-refractivity contribution is 8.03. The lowest BCUT2D eigenvalue weighted by atomic mass is 10.1. The Balaban J connectivity index is 2.52. The third-order valence-electron chi connectivity index (χ3n) is 2.31. The molecule has 6 heteroatoms. The van der Waals surface area contributed by atoms with Crippen molar-refractivity contribution in [1.82, 2.24) is 0 Å². The van der Waals surface area contributed by atoms with E-state index in [2.05, 4.69) is 0 Å². The zero-order chi connectivity index (χ0) is 12.6. The molecule has 1 aliphatic rings. The number of halogens is 1. The lowest BCUT2D eigenvalue weighted by Crippen LogP contribution is -2.17. The summed E-state index contributed by atoms with van der Waals surface area (Å²) in [6, 6.07) is 4.83. The average Bonchev–Trinajstić information content (AvgIpc) is 2.28. The molecule has 0 unspecified atom stereocenters. The Morgan fingerprint density at radius 2 is 2.06 bits per heavy atom. The van der Waals surface area contributed by atoms with Gasteiger partial charge in [-0.15, -0.1) is 11.8 Å². The molecule has 1 heterocycles. The highest BCUT2D eigenvalue weighted by Gasteiger charge is 2.28. The summed E-state index contributed by atoms with van der Waals surface area (Å²) in [5.74, 6) is -2.54. The van der Waals surface area contributed by atoms with Crippen LogP contribution in [0.1, 0.15) is 11.1 Å².